The molecule has 5 nitrogen and oxygen atoms in total. The first-order valence-corrected chi connectivity index (χ1v) is 8.87. The summed E-state index contributed by atoms with van der Waals surface area (Å²) in [6.07, 6.45) is 0.915. The van der Waals surface area contributed by atoms with E-state index in [1.807, 2.05) is 7.05 Å². The van der Waals surface area contributed by atoms with Crippen molar-refractivity contribution in [3.05, 3.63) is 30.1 Å². The zero-order valence-corrected chi connectivity index (χ0v) is 13.5. The van der Waals surface area contributed by atoms with Gasteiger partial charge in [-0.05, 0) is 38.2 Å². The lowest BCUT2D eigenvalue weighted by molar-refractivity contribution is 0.0744. The summed E-state index contributed by atoms with van der Waals surface area (Å²) in [6, 6.07) is 5.19. The second kappa shape index (κ2) is 5.88. The average Bonchev–Trinajstić information content (AvgIpc) is 2.70. The molecule has 7 heteroatoms. The van der Waals surface area contributed by atoms with E-state index in [2.05, 4.69) is 4.90 Å². The van der Waals surface area contributed by atoms with Gasteiger partial charge in [0.2, 0.25) is 10.0 Å². The Kier molecular flexibility index (Phi) is 4.24. The Morgan fingerprint density at radius 3 is 2.77 bits per heavy atom. The van der Waals surface area contributed by atoms with Crippen molar-refractivity contribution in [3.63, 3.8) is 0 Å². The lowest BCUT2D eigenvalue weighted by Crippen LogP contribution is -2.43. The van der Waals surface area contributed by atoms with E-state index in [9.17, 15) is 12.8 Å². The van der Waals surface area contributed by atoms with E-state index in [1.54, 1.807) is 0 Å². The first-order valence-electron chi connectivity index (χ1n) is 7.43. The minimum atomic E-state index is -3.69. The molecule has 22 heavy (non-hydrogen) atoms. The third-order valence-electron chi connectivity index (χ3n) is 4.47. The molecule has 2 aliphatic heterocycles. The van der Waals surface area contributed by atoms with Crippen LogP contribution in [0.3, 0.4) is 0 Å². The number of hydrogen-bond donors (Lipinski definition) is 0. The highest BCUT2D eigenvalue weighted by atomic mass is 32.2. The predicted molar refractivity (Wildman–Crippen MR) is 80.5 cm³/mol. The normalized spacial score (nSPS) is 28.1. The lowest BCUT2D eigenvalue weighted by atomic mass is 9.88. The van der Waals surface area contributed by atoms with Gasteiger partial charge in [0.05, 0.1) is 18.1 Å². The van der Waals surface area contributed by atoms with Crippen LogP contribution in [0.1, 0.15) is 6.42 Å². The number of nitrogens with zero attached hydrogens (tertiary/aromatic N) is 2. The molecule has 1 atom stereocenters. The lowest BCUT2D eigenvalue weighted by Gasteiger charge is -2.31. The number of hydrogen-bond acceptors (Lipinski definition) is 4. The fourth-order valence-corrected chi connectivity index (χ4v) is 4.91. The van der Waals surface area contributed by atoms with E-state index in [0.717, 1.165) is 25.6 Å². The maximum absolute atomic E-state index is 13.4. The molecule has 0 radical (unpaired) electrons. The summed E-state index contributed by atoms with van der Waals surface area (Å²) in [5, 5.41) is 0. The van der Waals surface area contributed by atoms with Gasteiger partial charge in [-0.15, -0.1) is 0 Å². The van der Waals surface area contributed by atoms with Crippen LogP contribution in [0.5, 0.6) is 0 Å². The Balaban J connectivity index is 1.89. The van der Waals surface area contributed by atoms with E-state index < -0.39 is 15.8 Å². The molecule has 0 N–H and O–H groups in total. The number of rotatable bonds is 2. The van der Waals surface area contributed by atoms with Crippen LogP contribution in [0, 0.1) is 11.2 Å². The molecular weight excluding hydrogens is 307 g/mol. The second-order valence-electron chi connectivity index (χ2n) is 6.34. The maximum atomic E-state index is 13.4. The average molecular weight is 328 g/mol. The molecule has 0 aliphatic carbocycles. The molecule has 2 aliphatic rings. The van der Waals surface area contributed by atoms with Crippen molar-refractivity contribution in [3.8, 4) is 0 Å². The van der Waals surface area contributed by atoms with Crippen molar-refractivity contribution in [2.75, 3.05) is 46.4 Å². The Labute approximate surface area is 130 Å². The van der Waals surface area contributed by atoms with Gasteiger partial charge in [0.1, 0.15) is 5.82 Å². The molecule has 2 saturated heterocycles. The highest BCUT2D eigenvalue weighted by Crippen LogP contribution is 2.34. The molecule has 0 aromatic heterocycles. The largest absolute Gasteiger partial charge is 0.379 e. The van der Waals surface area contributed by atoms with Crippen LogP contribution in [0.15, 0.2) is 29.2 Å². The summed E-state index contributed by atoms with van der Waals surface area (Å²) in [5.74, 6) is -0.539. The summed E-state index contributed by atoms with van der Waals surface area (Å²) < 4.78 is 46.1. The predicted octanol–water partition coefficient (Wildman–Crippen LogP) is 1.17. The van der Waals surface area contributed by atoms with Crippen LogP contribution >= 0.6 is 0 Å². The Morgan fingerprint density at radius 1 is 1.27 bits per heavy atom. The maximum Gasteiger partial charge on any atom is 0.243 e. The van der Waals surface area contributed by atoms with E-state index in [-0.39, 0.29) is 10.3 Å². The van der Waals surface area contributed by atoms with Crippen LogP contribution in [-0.2, 0) is 14.8 Å². The summed E-state index contributed by atoms with van der Waals surface area (Å²) in [6.45, 7) is 3.45. The highest BCUT2D eigenvalue weighted by molar-refractivity contribution is 7.89. The van der Waals surface area contributed by atoms with Gasteiger partial charge in [0, 0.05) is 25.0 Å². The number of benzene rings is 1. The third-order valence-corrected chi connectivity index (χ3v) is 6.31. The van der Waals surface area contributed by atoms with E-state index in [0.29, 0.717) is 26.3 Å². The topological polar surface area (TPSA) is 49.9 Å². The van der Waals surface area contributed by atoms with Gasteiger partial charge in [-0.3, -0.25) is 0 Å². The van der Waals surface area contributed by atoms with Gasteiger partial charge in [0.25, 0.3) is 0 Å². The minimum Gasteiger partial charge on any atom is -0.379 e. The number of halogens is 1. The summed E-state index contributed by atoms with van der Waals surface area (Å²) in [5.41, 5.74) is -0.161. The first-order chi connectivity index (χ1) is 10.4. The molecule has 3 rings (SSSR count). The van der Waals surface area contributed by atoms with Gasteiger partial charge in [0.15, 0.2) is 0 Å². The first kappa shape index (κ1) is 15.9. The summed E-state index contributed by atoms with van der Waals surface area (Å²) in [7, 11) is -1.66. The van der Waals surface area contributed by atoms with Crippen molar-refractivity contribution in [2.45, 2.75) is 11.3 Å². The molecule has 0 bridgehead atoms. The van der Waals surface area contributed by atoms with Crippen LogP contribution in [0.2, 0.25) is 0 Å². The van der Waals surface area contributed by atoms with Crippen LogP contribution in [0.4, 0.5) is 4.39 Å². The summed E-state index contributed by atoms with van der Waals surface area (Å²) in [4.78, 5) is 2.21. The number of sulfonamides is 1. The smallest absolute Gasteiger partial charge is 0.243 e. The third kappa shape index (κ3) is 3.03. The Bertz CT molecular complexity index is 652. The molecule has 0 amide bonds. The van der Waals surface area contributed by atoms with Gasteiger partial charge in [-0.2, -0.15) is 4.31 Å². The van der Waals surface area contributed by atoms with Gasteiger partial charge >= 0.3 is 0 Å². The van der Waals surface area contributed by atoms with E-state index in [1.165, 1.54) is 22.5 Å². The van der Waals surface area contributed by atoms with Crippen LogP contribution < -0.4 is 0 Å². The molecule has 0 saturated carbocycles. The number of likely N-dealkylation sites (tertiary alicyclic amines) is 1. The van der Waals surface area contributed by atoms with Crippen molar-refractivity contribution in [1.29, 1.82) is 0 Å². The number of ether oxygens (including phenoxy) is 1. The highest BCUT2D eigenvalue weighted by Gasteiger charge is 2.42. The minimum absolute atomic E-state index is 0.0101. The van der Waals surface area contributed by atoms with Crippen LogP contribution in [0.25, 0.3) is 0 Å². The van der Waals surface area contributed by atoms with Crippen molar-refractivity contribution in [2.24, 2.45) is 5.41 Å². The van der Waals surface area contributed by atoms with Crippen molar-refractivity contribution < 1.29 is 17.5 Å². The summed E-state index contributed by atoms with van der Waals surface area (Å²) >= 11 is 0. The van der Waals surface area contributed by atoms with Crippen molar-refractivity contribution >= 4 is 10.0 Å². The molecule has 1 aromatic carbocycles. The molecule has 2 fully saturated rings. The molecule has 1 spiro atoms. The fourth-order valence-electron chi connectivity index (χ4n) is 3.34. The van der Waals surface area contributed by atoms with Gasteiger partial charge in [-0.1, -0.05) is 6.07 Å². The zero-order chi connectivity index (χ0) is 15.8. The van der Waals surface area contributed by atoms with Gasteiger partial charge < -0.3 is 9.64 Å². The standard InChI is InChI=1S/C15H21FN2O3S/c1-17-6-5-15(10-17)11-18(7-8-21-12-15)22(19,20)14-4-2-3-13(16)9-14/h2-4,9H,5-8,10-12H2,1H3/t15-/m1/s1. The molecular formula is C15H21FN2O3S. The molecule has 0 unspecified atom stereocenters. The van der Waals surface area contributed by atoms with E-state index in [4.69, 9.17) is 4.74 Å². The van der Waals surface area contributed by atoms with Crippen LogP contribution in [-0.4, -0.2) is 64.1 Å². The molecule has 122 valence electrons. The second-order valence-corrected chi connectivity index (χ2v) is 8.27. The Morgan fingerprint density at radius 2 is 2.09 bits per heavy atom. The Hall–Kier alpha value is -1.02. The SMILES string of the molecule is CN1CC[C@@]2(COCCN(S(=O)(=O)c3cccc(F)c3)C2)C1. The quantitative estimate of drug-likeness (QED) is 0.818. The molecule has 2 heterocycles. The molecule has 1 aromatic rings. The zero-order valence-electron chi connectivity index (χ0n) is 12.7. The van der Waals surface area contributed by atoms with Crippen molar-refractivity contribution in [1.82, 2.24) is 9.21 Å². The fraction of sp³-hybridized carbons (Fsp3) is 0.600. The van der Waals surface area contributed by atoms with E-state index >= 15 is 0 Å². The van der Waals surface area contributed by atoms with Gasteiger partial charge in [-0.25, -0.2) is 12.8 Å². The monoisotopic (exact) mass is 328 g/mol.